The van der Waals surface area contributed by atoms with E-state index in [0.29, 0.717) is 5.92 Å². The van der Waals surface area contributed by atoms with Gasteiger partial charge in [-0.05, 0) is 31.4 Å². The molecule has 3 heteroatoms. The average Bonchev–Trinajstić information content (AvgIpc) is 2.99. The van der Waals surface area contributed by atoms with Gasteiger partial charge in [0.25, 0.3) is 0 Å². The first-order valence-electron chi connectivity index (χ1n) is 4.93. The van der Waals surface area contributed by atoms with E-state index < -0.39 is 0 Å². The number of nitrogens with one attached hydrogen (secondary N) is 1. The Morgan fingerprint density at radius 1 is 1.62 bits per heavy atom. The number of nitrogens with zero attached hydrogens (tertiary/aromatic N) is 1. The van der Waals surface area contributed by atoms with Gasteiger partial charge in [-0.15, -0.1) is 0 Å². The summed E-state index contributed by atoms with van der Waals surface area (Å²) >= 11 is 0. The van der Waals surface area contributed by atoms with Gasteiger partial charge in [0.05, 0.1) is 5.71 Å². The van der Waals surface area contributed by atoms with E-state index in [1.54, 1.807) is 7.11 Å². The molecule has 0 saturated heterocycles. The number of hydrogen-bond donors (Lipinski definition) is 1. The molecule has 1 heterocycles. The third-order valence-corrected chi connectivity index (χ3v) is 2.51. The summed E-state index contributed by atoms with van der Waals surface area (Å²) in [5.41, 5.74) is 2.52. The molecule has 1 saturated carbocycles. The van der Waals surface area contributed by atoms with Crippen molar-refractivity contribution < 1.29 is 4.84 Å². The first-order chi connectivity index (χ1) is 6.42. The van der Waals surface area contributed by atoms with Crippen molar-refractivity contribution in [2.24, 2.45) is 11.1 Å². The largest absolute Gasteiger partial charge is 0.399 e. The van der Waals surface area contributed by atoms with Gasteiger partial charge < -0.3 is 10.2 Å². The molecule has 72 valence electrons. The maximum Gasteiger partial charge on any atom is 0.106 e. The topological polar surface area (TPSA) is 33.6 Å². The van der Waals surface area contributed by atoms with Gasteiger partial charge in [0.15, 0.2) is 0 Å². The maximum absolute atomic E-state index is 4.88. The molecule has 1 aliphatic carbocycles. The quantitative estimate of drug-likeness (QED) is 0.525. The van der Waals surface area contributed by atoms with Crippen LogP contribution < -0.4 is 5.32 Å². The molecule has 1 N–H and O–H groups in total. The number of hydrogen-bond acceptors (Lipinski definition) is 3. The highest BCUT2D eigenvalue weighted by Gasteiger charge is 2.30. The van der Waals surface area contributed by atoms with Crippen LogP contribution >= 0.6 is 0 Å². The zero-order valence-corrected chi connectivity index (χ0v) is 8.05. The summed E-state index contributed by atoms with van der Waals surface area (Å²) in [4.78, 5) is 4.88. The minimum Gasteiger partial charge on any atom is -0.399 e. The molecule has 0 bridgehead atoms. The molecule has 2 rings (SSSR count). The summed E-state index contributed by atoms with van der Waals surface area (Å²) in [6.45, 7) is 2.05. The highest BCUT2D eigenvalue weighted by molar-refractivity contribution is 6.03. The van der Waals surface area contributed by atoms with Crippen LogP contribution in [0.15, 0.2) is 16.8 Å². The van der Waals surface area contributed by atoms with Gasteiger partial charge >= 0.3 is 0 Å². The lowest BCUT2D eigenvalue weighted by atomic mass is 10.0. The van der Waals surface area contributed by atoms with Gasteiger partial charge in [0, 0.05) is 12.5 Å². The molecule has 0 radical (unpaired) electrons. The third-order valence-electron chi connectivity index (χ3n) is 2.51. The van der Waals surface area contributed by atoms with Crippen LogP contribution in [0.4, 0.5) is 0 Å². The summed E-state index contributed by atoms with van der Waals surface area (Å²) in [6.07, 6.45) is 5.95. The SMILES string of the molecule is CON=C(C1=CCCNC1)C1CC1. The van der Waals surface area contributed by atoms with Crippen molar-refractivity contribution >= 4 is 5.71 Å². The molecule has 3 nitrogen and oxygen atoms in total. The second-order valence-electron chi connectivity index (χ2n) is 3.63. The molecule has 0 spiro atoms. The van der Waals surface area contributed by atoms with Crippen LogP contribution in [-0.2, 0) is 4.84 Å². The van der Waals surface area contributed by atoms with E-state index in [4.69, 9.17) is 4.84 Å². The van der Waals surface area contributed by atoms with E-state index in [2.05, 4.69) is 16.5 Å². The lowest BCUT2D eigenvalue weighted by Crippen LogP contribution is -2.26. The maximum atomic E-state index is 4.88. The lowest BCUT2D eigenvalue weighted by molar-refractivity contribution is 0.212. The van der Waals surface area contributed by atoms with Gasteiger partial charge in [-0.1, -0.05) is 11.2 Å². The molecule has 0 aromatic carbocycles. The molecule has 0 aromatic rings. The molecular formula is C10H16N2O. The fourth-order valence-corrected chi connectivity index (χ4v) is 1.69. The Balaban J connectivity index is 2.09. The average molecular weight is 180 g/mol. The van der Waals surface area contributed by atoms with Crippen LogP contribution in [0.1, 0.15) is 19.3 Å². The van der Waals surface area contributed by atoms with Gasteiger partial charge in [0.2, 0.25) is 0 Å². The first-order valence-corrected chi connectivity index (χ1v) is 4.93. The van der Waals surface area contributed by atoms with Gasteiger partial charge in [-0.2, -0.15) is 0 Å². The molecule has 2 aliphatic rings. The predicted molar refractivity (Wildman–Crippen MR) is 52.7 cm³/mol. The van der Waals surface area contributed by atoms with Crippen molar-refractivity contribution in [1.29, 1.82) is 0 Å². The van der Waals surface area contributed by atoms with Crippen molar-refractivity contribution in [2.75, 3.05) is 20.2 Å². The van der Waals surface area contributed by atoms with Gasteiger partial charge in [-0.25, -0.2) is 0 Å². The van der Waals surface area contributed by atoms with Crippen molar-refractivity contribution in [2.45, 2.75) is 19.3 Å². The third kappa shape index (κ3) is 2.10. The normalized spacial score (nSPS) is 24.1. The second-order valence-corrected chi connectivity index (χ2v) is 3.63. The monoisotopic (exact) mass is 180 g/mol. The van der Waals surface area contributed by atoms with E-state index in [9.17, 15) is 0 Å². The van der Waals surface area contributed by atoms with Crippen LogP contribution in [0.5, 0.6) is 0 Å². The Bertz CT molecular complexity index is 241. The zero-order valence-electron chi connectivity index (χ0n) is 8.05. The highest BCUT2D eigenvalue weighted by Crippen LogP contribution is 2.33. The summed E-state index contributed by atoms with van der Waals surface area (Å²) in [5, 5.41) is 7.47. The van der Waals surface area contributed by atoms with Crippen LogP contribution in [0.25, 0.3) is 0 Å². The molecule has 0 atom stereocenters. The van der Waals surface area contributed by atoms with Crippen molar-refractivity contribution in [1.82, 2.24) is 5.32 Å². The highest BCUT2D eigenvalue weighted by atomic mass is 16.6. The Morgan fingerprint density at radius 3 is 3.00 bits per heavy atom. The van der Waals surface area contributed by atoms with Crippen molar-refractivity contribution in [3.63, 3.8) is 0 Å². The molecule has 13 heavy (non-hydrogen) atoms. The Hall–Kier alpha value is -0.830. The smallest absolute Gasteiger partial charge is 0.106 e. The Morgan fingerprint density at radius 2 is 2.46 bits per heavy atom. The fourth-order valence-electron chi connectivity index (χ4n) is 1.69. The molecule has 1 aliphatic heterocycles. The summed E-state index contributed by atoms with van der Waals surface area (Å²) in [6, 6.07) is 0. The molecular weight excluding hydrogens is 164 g/mol. The Kier molecular flexibility index (Phi) is 2.64. The minimum atomic E-state index is 0.672. The first kappa shape index (κ1) is 8.75. The predicted octanol–water partition coefficient (Wildman–Crippen LogP) is 1.32. The van der Waals surface area contributed by atoms with Crippen molar-refractivity contribution in [3.05, 3.63) is 11.6 Å². The lowest BCUT2D eigenvalue weighted by Gasteiger charge is -2.15. The van der Waals surface area contributed by atoms with Crippen LogP contribution in [0, 0.1) is 5.92 Å². The number of rotatable bonds is 3. The summed E-state index contributed by atoms with van der Waals surface area (Å²) < 4.78 is 0. The van der Waals surface area contributed by atoms with E-state index in [0.717, 1.165) is 19.5 Å². The van der Waals surface area contributed by atoms with E-state index in [-0.39, 0.29) is 0 Å². The standard InChI is InChI=1S/C10H16N2O/c1-13-12-10(8-4-5-8)9-3-2-6-11-7-9/h3,8,11H,2,4-7H2,1H3. The summed E-state index contributed by atoms with van der Waals surface area (Å²) in [5.74, 6) is 0.672. The number of oxime groups is 1. The van der Waals surface area contributed by atoms with Crippen molar-refractivity contribution in [3.8, 4) is 0 Å². The van der Waals surface area contributed by atoms with Crippen LogP contribution in [0.2, 0.25) is 0 Å². The molecule has 0 aromatic heterocycles. The minimum absolute atomic E-state index is 0.672. The van der Waals surface area contributed by atoms with Gasteiger partial charge in [-0.3, -0.25) is 0 Å². The van der Waals surface area contributed by atoms with E-state index in [1.807, 2.05) is 0 Å². The van der Waals surface area contributed by atoms with E-state index >= 15 is 0 Å². The Labute approximate surface area is 78.8 Å². The molecule has 1 fully saturated rings. The van der Waals surface area contributed by atoms with E-state index in [1.165, 1.54) is 24.1 Å². The van der Waals surface area contributed by atoms with Gasteiger partial charge in [0.1, 0.15) is 7.11 Å². The zero-order chi connectivity index (χ0) is 9.10. The van der Waals surface area contributed by atoms with Crippen LogP contribution in [0.3, 0.4) is 0 Å². The van der Waals surface area contributed by atoms with Crippen LogP contribution in [-0.4, -0.2) is 25.9 Å². The second kappa shape index (κ2) is 3.92. The summed E-state index contributed by atoms with van der Waals surface area (Å²) in [7, 11) is 1.62. The fraction of sp³-hybridized carbons (Fsp3) is 0.700. The molecule has 0 amide bonds. The molecule has 0 unspecified atom stereocenters.